The Labute approximate surface area is 101 Å². The van der Waals surface area contributed by atoms with Crippen LogP contribution in [0.5, 0.6) is 0 Å². The van der Waals surface area contributed by atoms with Gasteiger partial charge in [-0.15, -0.1) is 0 Å². The molecule has 0 saturated heterocycles. The molecule has 1 N–H and O–H groups in total. The highest BCUT2D eigenvalue weighted by atomic mass is 16.5. The van der Waals surface area contributed by atoms with Crippen molar-refractivity contribution in [2.75, 3.05) is 5.32 Å². The van der Waals surface area contributed by atoms with Gasteiger partial charge in [0.05, 0.1) is 11.7 Å². The topological polar surface area (TPSA) is 51.0 Å². The number of pyridine rings is 1. The van der Waals surface area contributed by atoms with Crippen LogP contribution >= 0.6 is 0 Å². The molecule has 1 atom stereocenters. The van der Waals surface area contributed by atoms with Crippen molar-refractivity contribution in [1.29, 1.82) is 0 Å². The van der Waals surface area contributed by atoms with Crippen LogP contribution in [-0.2, 0) is 0 Å². The number of aromatic nitrogens is 2. The van der Waals surface area contributed by atoms with Crippen molar-refractivity contribution in [1.82, 2.24) is 10.1 Å². The van der Waals surface area contributed by atoms with E-state index in [1.165, 1.54) is 5.56 Å². The van der Waals surface area contributed by atoms with E-state index in [9.17, 15) is 0 Å². The molecule has 4 heteroatoms. The summed E-state index contributed by atoms with van der Waals surface area (Å²) in [7, 11) is 0. The van der Waals surface area contributed by atoms with E-state index in [0.717, 1.165) is 22.8 Å². The lowest BCUT2D eigenvalue weighted by Gasteiger charge is -2.14. The van der Waals surface area contributed by atoms with E-state index in [-0.39, 0.29) is 6.04 Å². The van der Waals surface area contributed by atoms with Crippen LogP contribution in [0.3, 0.4) is 0 Å². The van der Waals surface area contributed by atoms with Gasteiger partial charge in [-0.2, -0.15) is 0 Å². The van der Waals surface area contributed by atoms with E-state index in [0.29, 0.717) is 0 Å². The molecule has 2 aromatic rings. The molecule has 17 heavy (non-hydrogen) atoms. The number of nitrogens with zero attached hydrogens (tertiary/aromatic N) is 2. The summed E-state index contributed by atoms with van der Waals surface area (Å²) >= 11 is 0. The van der Waals surface area contributed by atoms with Crippen molar-refractivity contribution in [3.05, 3.63) is 40.9 Å². The maximum absolute atomic E-state index is 5.17. The zero-order valence-electron chi connectivity index (χ0n) is 10.6. The molecule has 0 aliphatic heterocycles. The summed E-state index contributed by atoms with van der Waals surface area (Å²) < 4.78 is 5.17. The van der Waals surface area contributed by atoms with Gasteiger partial charge in [-0.25, -0.2) is 4.98 Å². The van der Waals surface area contributed by atoms with Gasteiger partial charge >= 0.3 is 0 Å². The summed E-state index contributed by atoms with van der Waals surface area (Å²) in [6, 6.07) is 4.14. The molecular formula is C13H17N3O. The van der Waals surface area contributed by atoms with E-state index >= 15 is 0 Å². The summed E-state index contributed by atoms with van der Waals surface area (Å²) in [6.45, 7) is 8.01. The standard InChI is InChI=1S/C13H17N3O/c1-8-5-6-14-12(7-8)15-9(2)13-10(3)16-17-11(13)4/h5-7,9H,1-4H3,(H,14,15). The average molecular weight is 231 g/mol. The Morgan fingerprint density at radius 2 is 2.06 bits per heavy atom. The lowest BCUT2D eigenvalue weighted by Crippen LogP contribution is -2.09. The van der Waals surface area contributed by atoms with Crippen molar-refractivity contribution < 1.29 is 4.52 Å². The fourth-order valence-electron chi connectivity index (χ4n) is 2.02. The van der Waals surface area contributed by atoms with Crippen LogP contribution in [0.1, 0.15) is 35.5 Å². The van der Waals surface area contributed by atoms with Gasteiger partial charge < -0.3 is 9.84 Å². The Hall–Kier alpha value is -1.84. The molecule has 4 nitrogen and oxygen atoms in total. The van der Waals surface area contributed by atoms with Crippen molar-refractivity contribution in [2.24, 2.45) is 0 Å². The zero-order chi connectivity index (χ0) is 12.4. The molecule has 0 bridgehead atoms. The lowest BCUT2D eigenvalue weighted by atomic mass is 10.1. The maximum Gasteiger partial charge on any atom is 0.139 e. The maximum atomic E-state index is 5.17. The van der Waals surface area contributed by atoms with Crippen molar-refractivity contribution in [2.45, 2.75) is 33.7 Å². The third-order valence-corrected chi connectivity index (χ3v) is 2.80. The lowest BCUT2D eigenvalue weighted by molar-refractivity contribution is 0.392. The van der Waals surface area contributed by atoms with Crippen LogP contribution in [0.4, 0.5) is 5.82 Å². The normalized spacial score (nSPS) is 12.5. The van der Waals surface area contributed by atoms with Gasteiger partial charge in [0, 0.05) is 11.8 Å². The Bertz CT molecular complexity index is 500. The minimum absolute atomic E-state index is 0.135. The highest BCUT2D eigenvalue weighted by Gasteiger charge is 2.16. The average Bonchev–Trinajstić information content (AvgIpc) is 2.58. The molecule has 1 unspecified atom stereocenters. The third-order valence-electron chi connectivity index (χ3n) is 2.80. The van der Waals surface area contributed by atoms with E-state index in [1.807, 2.05) is 32.9 Å². The predicted octanol–water partition coefficient (Wildman–Crippen LogP) is 3.17. The first-order valence-electron chi connectivity index (χ1n) is 5.70. The van der Waals surface area contributed by atoms with E-state index in [4.69, 9.17) is 4.52 Å². The molecule has 0 fully saturated rings. The fourth-order valence-corrected chi connectivity index (χ4v) is 2.02. The first-order chi connectivity index (χ1) is 8.08. The minimum atomic E-state index is 0.135. The number of aryl methyl sites for hydroxylation is 3. The largest absolute Gasteiger partial charge is 0.363 e. The molecule has 90 valence electrons. The van der Waals surface area contributed by atoms with Crippen molar-refractivity contribution in [3.8, 4) is 0 Å². The molecule has 0 aliphatic rings. The van der Waals surface area contributed by atoms with Gasteiger partial charge in [0.15, 0.2) is 0 Å². The van der Waals surface area contributed by atoms with Gasteiger partial charge in [-0.1, -0.05) is 5.16 Å². The second kappa shape index (κ2) is 4.57. The molecule has 0 spiro atoms. The van der Waals surface area contributed by atoms with E-state index in [1.54, 1.807) is 6.20 Å². The van der Waals surface area contributed by atoms with Gasteiger partial charge in [0.25, 0.3) is 0 Å². The number of rotatable bonds is 3. The quantitative estimate of drug-likeness (QED) is 0.881. The van der Waals surface area contributed by atoms with Crippen LogP contribution < -0.4 is 5.32 Å². The Balaban J connectivity index is 2.20. The van der Waals surface area contributed by atoms with Crippen LogP contribution in [0, 0.1) is 20.8 Å². The monoisotopic (exact) mass is 231 g/mol. The Morgan fingerprint density at radius 1 is 1.29 bits per heavy atom. The van der Waals surface area contributed by atoms with Crippen molar-refractivity contribution in [3.63, 3.8) is 0 Å². The van der Waals surface area contributed by atoms with Gasteiger partial charge in [-0.05, 0) is 45.4 Å². The summed E-state index contributed by atoms with van der Waals surface area (Å²) in [5, 5.41) is 7.32. The molecule has 0 aromatic carbocycles. The number of hydrogen-bond acceptors (Lipinski definition) is 4. The SMILES string of the molecule is Cc1ccnc(NC(C)c2c(C)noc2C)c1. The first-order valence-corrected chi connectivity index (χ1v) is 5.70. The summed E-state index contributed by atoms with van der Waals surface area (Å²) in [6.07, 6.45) is 1.80. The molecule has 0 aliphatic carbocycles. The van der Waals surface area contributed by atoms with Crippen LogP contribution in [-0.4, -0.2) is 10.1 Å². The third kappa shape index (κ3) is 2.46. The highest BCUT2D eigenvalue weighted by Crippen LogP contribution is 2.24. The summed E-state index contributed by atoms with van der Waals surface area (Å²) in [5.74, 6) is 1.73. The molecule has 0 saturated carbocycles. The van der Waals surface area contributed by atoms with Gasteiger partial charge in [0.1, 0.15) is 11.6 Å². The van der Waals surface area contributed by atoms with Crippen LogP contribution in [0.2, 0.25) is 0 Å². The molecule has 2 heterocycles. The second-order valence-corrected chi connectivity index (χ2v) is 4.32. The molecule has 0 radical (unpaired) electrons. The predicted molar refractivity (Wildman–Crippen MR) is 67.0 cm³/mol. The van der Waals surface area contributed by atoms with Gasteiger partial charge in [0.2, 0.25) is 0 Å². The van der Waals surface area contributed by atoms with E-state index in [2.05, 4.69) is 22.4 Å². The molecule has 2 aromatic heterocycles. The summed E-state index contributed by atoms with van der Waals surface area (Å²) in [5.41, 5.74) is 3.22. The smallest absolute Gasteiger partial charge is 0.139 e. The Kier molecular flexibility index (Phi) is 3.13. The molecule has 2 rings (SSSR count). The minimum Gasteiger partial charge on any atom is -0.363 e. The molecular weight excluding hydrogens is 214 g/mol. The molecule has 0 amide bonds. The first kappa shape index (κ1) is 11.6. The second-order valence-electron chi connectivity index (χ2n) is 4.32. The van der Waals surface area contributed by atoms with E-state index < -0.39 is 0 Å². The van der Waals surface area contributed by atoms with Crippen LogP contribution in [0.15, 0.2) is 22.9 Å². The van der Waals surface area contributed by atoms with Crippen LogP contribution in [0.25, 0.3) is 0 Å². The van der Waals surface area contributed by atoms with Gasteiger partial charge in [-0.3, -0.25) is 0 Å². The highest BCUT2D eigenvalue weighted by molar-refractivity contribution is 5.41. The number of nitrogens with one attached hydrogen (secondary N) is 1. The summed E-state index contributed by atoms with van der Waals surface area (Å²) in [4.78, 5) is 4.29. The van der Waals surface area contributed by atoms with Crippen molar-refractivity contribution >= 4 is 5.82 Å². The fraction of sp³-hybridized carbons (Fsp3) is 0.385. The number of anilines is 1. The number of hydrogen-bond donors (Lipinski definition) is 1. The Morgan fingerprint density at radius 3 is 2.65 bits per heavy atom. The zero-order valence-corrected chi connectivity index (χ0v) is 10.6.